The van der Waals surface area contributed by atoms with E-state index in [0.29, 0.717) is 19.3 Å². The fourth-order valence-corrected chi connectivity index (χ4v) is 3.75. The van der Waals surface area contributed by atoms with E-state index in [9.17, 15) is 23.1 Å². The first-order valence-corrected chi connectivity index (χ1v) is 7.38. The summed E-state index contributed by atoms with van der Waals surface area (Å²) >= 11 is 0. The third-order valence-electron chi connectivity index (χ3n) is 4.81. The molecule has 1 saturated heterocycles. The summed E-state index contributed by atoms with van der Waals surface area (Å²) < 4.78 is 39.2. The number of rotatable bonds is 1. The highest BCUT2D eigenvalue weighted by atomic mass is 19.4. The maximum absolute atomic E-state index is 13.1. The molecular formula is C15H17F3N2O2. The predicted octanol–water partition coefficient (Wildman–Crippen LogP) is 2.62. The van der Waals surface area contributed by atoms with Crippen LogP contribution >= 0.6 is 0 Å². The molecule has 0 radical (unpaired) electrons. The first kappa shape index (κ1) is 15.3. The number of hydrogen-bond acceptors (Lipinski definition) is 3. The van der Waals surface area contributed by atoms with Crippen LogP contribution in [-0.4, -0.2) is 39.1 Å². The molecule has 1 unspecified atom stereocenters. The van der Waals surface area contributed by atoms with Crippen LogP contribution in [-0.2, 0) is 6.18 Å². The molecule has 1 spiro atoms. The van der Waals surface area contributed by atoms with Crippen LogP contribution in [0.15, 0.2) is 18.3 Å². The van der Waals surface area contributed by atoms with Gasteiger partial charge < -0.3 is 10.0 Å². The lowest BCUT2D eigenvalue weighted by atomic mass is 9.91. The summed E-state index contributed by atoms with van der Waals surface area (Å²) in [5.41, 5.74) is -2.30. The quantitative estimate of drug-likeness (QED) is 0.867. The summed E-state index contributed by atoms with van der Waals surface area (Å²) in [7, 11) is 0. The maximum atomic E-state index is 13.1. The van der Waals surface area contributed by atoms with Gasteiger partial charge in [-0.05, 0) is 31.4 Å². The first-order valence-electron chi connectivity index (χ1n) is 7.38. The van der Waals surface area contributed by atoms with Crippen molar-refractivity contribution in [3.05, 3.63) is 29.6 Å². The van der Waals surface area contributed by atoms with E-state index in [2.05, 4.69) is 4.98 Å². The van der Waals surface area contributed by atoms with E-state index in [0.717, 1.165) is 18.9 Å². The summed E-state index contributed by atoms with van der Waals surface area (Å²) in [6.07, 6.45) is -0.694. The Morgan fingerprint density at radius 1 is 1.36 bits per heavy atom. The van der Waals surface area contributed by atoms with Crippen molar-refractivity contribution in [1.82, 2.24) is 9.88 Å². The summed E-state index contributed by atoms with van der Waals surface area (Å²) in [5, 5.41) is 10.2. The van der Waals surface area contributed by atoms with Crippen LogP contribution in [0.2, 0.25) is 0 Å². The number of carbonyl (C=O) groups excluding carboxylic acids is 1. The van der Waals surface area contributed by atoms with Crippen molar-refractivity contribution < 1.29 is 23.1 Å². The number of alkyl halides is 3. The van der Waals surface area contributed by atoms with Gasteiger partial charge in [0, 0.05) is 12.7 Å². The van der Waals surface area contributed by atoms with Crippen LogP contribution in [0.5, 0.6) is 0 Å². The third-order valence-corrected chi connectivity index (χ3v) is 4.81. The molecule has 120 valence electrons. The van der Waals surface area contributed by atoms with Crippen LogP contribution < -0.4 is 0 Å². The highest BCUT2D eigenvalue weighted by Gasteiger charge is 2.52. The lowest BCUT2D eigenvalue weighted by Crippen LogP contribution is -2.51. The van der Waals surface area contributed by atoms with E-state index in [1.807, 2.05) is 0 Å². The Labute approximate surface area is 126 Å². The van der Waals surface area contributed by atoms with Crippen molar-refractivity contribution in [2.45, 2.75) is 49.9 Å². The summed E-state index contributed by atoms with van der Waals surface area (Å²) in [4.78, 5) is 17.8. The zero-order valence-corrected chi connectivity index (χ0v) is 11.9. The number of likely N-dealkylation sites (tertiary alicyclic amines) is 1. The number of aliphatic hydroxyl groups excluding tert-OH is 1. The van der Waals surface area contributed by atoms with Crippen LogP contribution in [0.3, 0.4) is 0 Å². The van der Waals surface area contributed by atoms with Crippen LogP contribution in [0, 0.1) is 0 Å². The molecule has 1 aromatic rings. The summed E-state index contributed by atoms with van der Waals surface area (Å²) in [6, 6.07) is 2.04. The monoisotopic (exact) mass is 314 g/mol. The van der Waals surface area contributed by atoms with E-state index in [1.165, 1.54) is 17.2 Å². The molecule has 4 nitrogen and oxygen atoms in total. The molecule has 1 aromatic heterocycles. The van der Waals surface area contributed by atoms with Crippen molar-refractivity contribution in [2.75, 3.05) is 6.54 Å². The van der Waals surface area contributed by atoms with Crippen LogP contribution in [0.1, 0.15) is 48.2 Å². The zero-order chi connectivity index (χ0) is 16.0. The molecule has 1 aliphatic heterocycles. The fraction of sp³-hybridized carbons (Fsp3) is 0.600. The van der Waals surface area contributed by atoms with Gasteiger partial charge in [-0.25, -0.2) is 0 Å². The van der Waals surface area contributed by atoms with Crippen molar-refractivity contribution in [2.24, 2.45) is 0 Å². The van der Waals surface area contributed by atoms with Crippen molar-refractivity contribution in [1.29, 1.82) is 0 Å². The predicted molar refractivity (Wildman–Crippen MR) is 72.1 cm³/mol. The molecule has 2 heterocycles. The van der Waals surface area contributed by atoms with Gasteiger partial charge in [0.15, 0.2) is 0 Å². The SMILES string of the molecule is O=C(c1ncccc1C(F)(F)F)N1CCC(O)C12CCCC2. The van der Waals surface area contributed by atoms with E-state index in [1.54, 1.807) is 0 Å². The Balaban J connectivity index is 1.98. The molecule has 1 atom stereocenters. The molecule has 1 N–H and O–H groups in total. The first-order chi connectivity index (χ1) is 10.4. The second kappa shape index (κ2) is 5.22. The zero-order valence-electron chi connectivity index (χ0n) is 11.9. The highest BCUT2D eigenvalue weighted by Crippen LogP contribution is 2.44. The molecule has 2 aliphatic rings. The molecule has 22 heavy (non-hydrogen) atoms. The van der Waals surface area contributed by atoms with Gasteiger partial charge >= 0.3 is 6.18 Å². The van der Waals surface area contributed by atoms with E-state index < -0.39 is 35.0 Å². The van der Waals surface area contributed by atoms with E-state index in [4.69, 9.17) is 0 Å². The number of aliphatic hydroxyl groups is 1. The van der Waals surface area contributed by atoms with Gasteiger partial charge in [-0.1, -0.05) is 12.8 Å². The van der Waals surface area contributed by atoms with E-state index in [-0.39, 0.29) is 6.54 Å². The Bertz CT molecular complexity index is 582. The average Bonchev–Trinajstić information content (AvgIpc) is 3.08. The van der Waals surface area contributed by atoms with Gasteiger partial charge in [-0.3, -0.25) is 9.78 Å². The number of pyridine rings is 1. The minimum Gasteiger partial charge on any atom is -0.391 e. The smallest absolute Gasteiger partial charge is 0.391 e. The molecule has 1 aliphatic carbocycles. The largest absolute Gasteiger partial charge is 0.418 e. The number of carbonyl (C=O) groups is 1. The second-order valence-electron chi connectivity index (χ2n) is 5.97. The summed E-state index contributed by atoms with van der Waals surface area (Å²) in [6.45, 7) is 0.272. The Morgan fingerprint density at radius 2 is 2.05 bits per heavy atom. The standard InChI is InChI=1S/C15H17F3N2O2/c16-15(17,18)10-4-3-8-19-12(10)13(22)20-9-5-11(21)14(20)6-1-2-7-14/h3-4,8,11,21H,1-2,5-7,9H2. The van der Waals surface area contributed by atoms with Gasteiger partial charge in [-0.2, -0.15) is 13.2 Å². The normalized spacial score (nSPS) is 24.2. The van der Waals surface area contributed by atoms with Gasteiger partial charge in [-0.15, -0.1) is 0 Å². The molecule has 2 fully saturated rings. The molecule has 1 saturated carbocycles. The lowest BCUT2D eigenvalue weighted by Gasteiger charge is -2.37. The van der Waals surface area contributed by atoms with Crippen molar-refractivity contribution >= 4 is 5.91 Å². The van der Waals surface area contributed by atoms with E-state index >= 15 is 0 Å². The minimum absolute atomic E-state index is 0.272. The molecular weight excluding hydrogens is 297 g/mol. The Morgan fingerprint density at radius 3 is 2.68 bits per heavy atom. The number of amides is 1. The van der Waals surface area contributed by atoms with Gasteiger partial charge in [0.05, 0.1) is 17.2 Å². The molecule has 7 heteroatoms. The second-order valence-corrected chi connectivity index (χ2v) is 5.97. The molecule has 0 bridgehead atoms. The lowest BCUT2D eigenvalue weighted by molar-refractivity contribution is -0.138. The number of hydrogen-bond donors (Lipinski definition) is 1. The summed E-state index contributed by atoms with van der Waals surface area (Å²) in [5.74, 6) is -0.730. The number of halogens is 3. The minimum atomic E-state index is -4.62. The molecule has 0 aromatic carbocycles. The van der Waals surface area contributed by atoms with Gasteiger partial charge in [0.2, 0.25) is 0 Å². The van der Waals surface area contributed by atoms with Crippen LogP contribution in [0.25, 0.3) is 0 Å². The maximum Gasteiger partial charge on any atom is 0.418 e. The number of nitrogens with zero attached hydrogens (tertiary/aromatic N) is 2. The topological polar surface area (TPSA) is 53.4 Å². The fourth-order valence-electron chi connectivity index (χ4n) is 3.75. The van der Waals surface area contributed by atoms with Crippen LogP contribution in [0.4, 0.5) is 13.2 Å². The number of aromatic nitrogens is 1. The average molecular weight is 314 g/mol. The van der Waals surface area contributed by atoms with Crippen molar-refractivity contribution in [3.8, 4) is 0 Å². The highest BCUT2D eigenvalue weighted by molar-refractivity contribution is 5.94. The third kappa shape index (κ3) is 2.27. The van der Waals surface area contributed by atoms with Gasteiger partial charge in [0.25, 0.3) is 5.91 Å². The molecule has 1 amide bonds. The molecule has 3 rings (SSSR count). The Hall–Kier alpha value is -1.63. The van der Waals surface area contributed by atoms with Crippen molar-refractivity contribution in [3.63, 3.8) is 0 Å². The van der Waals surface area contributed by atoms with Gasteiger partial charge in [0.1, 0.15) is 5.69 Å². The Kier molecular flexibility index (Phi) is 3.63.